The number of rotatable bonds is 7. The van der Waals surface area contributed by atoms with Gasteiger partial charge in [0.15, 0.2) is 6.10 Å². The third-order valence-corrected chi connectivity index (χ3v) is 3.82. The lowest BCUT2D eigenvalue weighted by Gasteiger charge is -2.23. The molecule has 0 saturated heterocycles. The molecule has 2 atom stereocenters. The highest BCUT2D eigenvalue weighted by molar-refractivity contribution is 5.93. The number of carbonyl (C=O) groups excluding carboxylic acids is 3. The standard InChI is InChI=1S/C18H25N3O4/c1-11(2)15(21-18(24)20-13-7-5-4-6-8-13)17(23)25-12(3)16(22)19-14-9-10-14/h4-8,11-12,14-15H,9-10H2,1-3H3,(H,19,22)(H2,20,21,24)/t12-,15-/m1/s1. The number of anilines is 1. The van der Waals surface area contributed by atoms with Crippen LogP contribution in [-0.4, -0.2) is 36.1 Å². The van der Waals surface area contributed by atoms with Crippen LogP contribution in [0, 0.1) is 5.92 Å². The summed E-state index contributed by atoms with van der Waals surface area (Å²) in [6, 6.07) is 7.76. The van der Waals surface area contributed by atoms with Gasteiger partial charge in [-0.15, -0.1) is 0 Å². The molecule has 1 fully saturated rings. The Morgan fingerprint density at radius 1 is 1.08 bits per heavy atom. The quantitative estimate of drug-likeness (QED) is 0.658. The van der Waals surface area contributed by atoms with Crippen molar-refractivity contribution in [2.75, 3.05) is 5.32 Å². The average molecular weight is 347 g/mol. The SMILES string of the molecule is CC(C)[C@@H](NC(=O)Nc1ccccc1)C(=O)O[C@H](C)C(=O)NC1CC1. The number of benzene rings is 1. The van der Waals surface area contributed by atoms with Crippen molar-refractivity contribution in [2.24, 2.45) is 5.92 Å². The Bertz CT molecular complexity index is 614. The zero-order valence-corrected chi connectivity index (χ0v) is 14.7. The number of carbonyl (C=O) groups is 3. The lowest BCUT2D eigenvalue weighted by atomic mass is 10.0. The van der Waals surface area contributed by atoms with Gasteiger partial charge in [-0.25, -0.2) is 9.59 Å². The molecule has 1 aromatic rings. The second kappa shape index (κ2) is 8.50. The zero-order chi connectivity index (χ0) is 18.4. The molecule has 1 aromatic carbocycles. The highest BCUT2D eigenvalue weighted by Gasteiger charge is 2.31. The highest BCUT2D eigenvalue weighted by atomic mass is 16.5. The van der Waals surface area contributed by atoms with Crippen LogP contribution in [0.15, 0.2) is 30.3 Å². The van der Waals surface area contributed by atoms with E-state index in [4.69, 9.17) is 4.74 Å². The van der Waals surface area contributed by atoms with E-state index in [-0.39, 0.29) is 17.9 Å². The fourth-order valence-corrected chi connectivity index (χ4v) is 2.17. The van der Waals surface area contributed by atoms with Crippen LogP contribution in [0.3, 0.4) is 0 Å². The monoisotopic (exact) mass is 347 g/mol. The molecule has 25 heavy (non-hydrogen) atoms. The number of ether oxygens (including phenoxy) is 1. The maximum atomic E-state index is 12.3. The molecular formula is C18H25N3O4. The van der Waals surface area contributed by atoms with Crippen LogP contribution in [0.1, 0.15) is 33.6 Å². The van der Waals surface area contributed by atoms with Crippen LogP contribution >= 0.6 is 0 Å². The second-order valence-electron chi connectivity index (χ2n) is 6.55. The number of hydrogen-bond acceptors (Lipinski definition) is 4. The number of esters is 1. The molecule has 7 nitrogen and oxygen atoms in total. The molecule has 0 aliphatic heterocycles. The second-order valence-corrected chi connectivity index (χ2v) is 6.55. The van der Waals surface area contributed by atoms with Crippen molar-refractivity contribution in [3.63, 3.8) is 0 Å². The molecule has 0 bridgehead atoms. The summed E-state index contributed by atoms with van der Waals surface area (Å²) in [6.07, 6.45) is 1.03. The van der Waals surface area contributed by atoms with Crippen molar-refractivity contribution >= 4 is 23.6 Å². The molecule has 0 unspecified atom stereocenters. The molecule has 2 rings (SSSR count). The third-order valence-electron chi connectivity index (χ3n) is 3.82. The maximum absolute atomic E-state index is 12.3. The van der Waals surface area contributed by atoms with Crippen molar-refractivity contribution in [2.45, 2.75) is 51.8 Å². The van der Waals surface area contributed by atoms with Gasteiger partial charge in [-0.05, 0) is 37.8 Å². The molecule has 0 heterocycles. The molecule has 7 heteroatoms. The minimum absolute atomic E-state index is 0.187. The number of hydrogen-bond donors (Lipinski definition) is 3. The minimum Gasteiger partial charge on any atom is -0.451 e. The summed E-state index contributed by atoms with van der Waals surface area (Å²) < 4.78 is 5.22. The minimum atomic E-state index is -0.895. The van der Waals surface area contributed by atoms with E-state index >= 15 is 0 Å². The molecule has 1 aliphatic carbocycles. The Morgan fingerprint density at radius 3 is 2.28 bits per heavy atom. The van der Waals surface area contributed by atoms with Gasteiger partial charge < -0.3 is 20.7 Å². The van der Waals surface area contributed by atoms with Gasteiger partial charge >= 0.3 is 12.0 Å². The number of amides is 3. The lowest BCUT2D eigenvalue weighted by molar-refractivity contribution is -0.157. The predicted molar refractivity (Wildman–Crippen MR) is 93.9 cm³/mol. The first kappa shape index (κ1) is 18.8. The summed E-state index contributed by atoms with van der Waals surface area (Å²) in [5, 5.41) is 8.05. The van der Waals surface area contributed by atoms with E-state index in [1.54, 1.807) is 38.1 Å². The van der Waals surface area contributed by atoms with Crippen LogP contribution in [0.4, 0.5) is 10.5 Å². The molecule has 1 aliphatic rings. The van der Waals surface area contributed by atoms with Gasteiger partial charge in [0.25, 0.3) is 5.91 Å². The van der Waals surface area contributed by atoms with Gasteiger partial charge in [0.05, 0.1) is 0 Å². The van der Waals surface area contributed by atoms with Crippen LogP contribution < -0.4 is 16.0 Å². The van der Waals surface area contributed by atoms with E-state index in [1.807, 2.05) is 6.07 Å². The van der Waals surface area contributed by atoms with E-state index in [1.165, 1.54) is 6.92 Å². The molecule has 3 N–H and O–H groups in total. The Morgan fingerprint density at radius 2 is 1.72 bits per heavy atom. The number of para-hydroxylation sites is 1. The van der Waals surface area contributed by atoms with E-state index in [2.05, 4.69) is 16.0 Å². The van der Waals surface area contributed by atoms with Crippen molar-refractivity contribution in [3.8, 4) is 0 Å². The topological polar surface area (TPSA) is 96.5 Å². The van der Waals surface area contributed by atoms with E-state index in [0.717, 1.165) is 12.8 Å². The maximum Gasteiger partial charge on any atom is 0.329 e. The zero-order valence-electron chi connectivity index (χ0n) is 14.7. The predicted octanol–water partition coefficient (Wildman–Crippen LogP) is 2.04. The van der Waals surface area contributed by atoms with Gasteiger partial charge in [-0.3, -0.25) is 4.79 Å². The van der Waals surface area contributed by atoms with Gasteiger partial charge in [0.2, 0.25) is 0 Å². The van der Waals surface area contributed by atoms with Crippen LogP contribution in [0.25, 0.3) is 0 Å². The first-order valence-corrected chi connectivity index (χ1v) is 8.50. The summed E-state index contributed by atoms with van der Waals surface area (Å²) in [5.41, 5.74) is 0.619. The van der Waals surface area contributed by atoms with E-state index < -0.39 is 24.1 Å². The van der Waals surface area contributed by atoms with E-state index in [9.17, 15) is 14.4 Å². The molecule has 3 amide bonds. The Balaban J connectivity index is 1.88. The molecule has 136 valence electrons. The van der Waals surface area contributed by atoms with Gasteiger partial charge in [-0.1, -0.05) is 32.0 Å². The third kappa shape index (κ3) is 6.10. The fraction of sp³-hybridized carbons (Fsp3) is 0.500. The molecule has 0 aromatic heterocycles. The van der Waals surface area contributed by atoms with Crippen LogP contribution in [-0.2, 0) is 14.3 Å². The number of urea groups is 1. The summed E-state index contributed by atoms with van der Waals surface area (Å²) in [4.78, 5) is 36.3. The molecule has 1 saturated carbocycles. The largest absolute Gasteiger partial charge is 0.451 e. The molecular weight excluding hydrogens is 322 g/mol. The van der Waals surface area contributed by atoms with Crippen molar-refractivity contribution in [1.29, 1.82) is 0 Å². The summed E-state index contributed by atoms with van der Waals surface area (Å²) in [5.74, 6) is -1.13. The Kier molecular flexibility index (Phi) is 6.38. The van der Waals surface area contributed by atoms with Crippen molar-refractivity contribution < 1.29 is 19.1 Å². The summed E-state index contributed by atoms with van der Waals surface area (Å²) in [6.45, 7) is 5.12. The lowest BCUT2D eigenvalue weighted by Crippen LogP contribution is -2.49. The smallest absolute Gasteiger partial charge is 0.329 e. The fourth-order valence-electron chi connectivity index (χ4n) is 2.17. The van der Waals surface area contributed by atoms with Crippen LogP contribution in [0.5, 0.6) is 0 Å². The first-order chi connectivity index (χ1) is 11.9. The Hall–Kier alpha value is -2.57. The van der Waals surface area contributed by atoms with Crippen molar-refractivity contribution in [3.05, 3.63) is 30.3 Å². The molecule has 0 spiro atoms. The van der Waals surface area contributed by atoms with Gasteiger partial charge in [0, 0.05) is 11.7 Å². The summed E-state index contributed by atoms with van der Waals surface area (Å²) in [7, 11) is 0. The van der Waals surface area contributed by atoms with Crippen LogP contribution in [0.2, 0.25) is 0 Å². The normalized spacial score (nSPS) is 15.8. The van der Waals surface area contributed by atoms with Crippen molar-refractivity contribution in [1.82, 2.24) is 10.6 Å². The number of nitrogens with one attached hydrogen (secondary N) is 3. The Labute approximate surface area is 147 Å². The van der Waals surface area contributed by atoms with Gasteiger partial charge in [0.1, 0.15) is 6.04 Å². The first-order valence-electron chi connectivity index (χ1n) is 8.50. The van der Waals surface area contributed by atoms with Gasteiger partial charge in [-0.2, -0.15) is 0 Å². The molecule has 0 radical (unpaired) electrons. The highest BCUT2D eigenvalue weighted by Crippen LogP contribution is 2.19. The summed E-state index contributed by atoms with van der Waals surface area (Å²) >= 11 is 0. The van der Waals surface area contributed by atoms with E-state index in [0.29, 0.717) is 5.69 Å². The average Bonchev–Trinajstić information content (AvgIpc) is 3.37.